The van der Waals surface area contributed by atoms with Crippen molar-refractivity contribution in [3.05, 3.63) is 18.7 Å². The van der Waals surface area contributed by atoms with Crippen LogP contribution in [0.15, 0.2) is 23.9 Å². The summed E-state index contributed by atoms with van der Waals surface area (Å²) in [6.07, 6.45) is 4.63. The summed E-state index contributed by atoms with van der Waals surface area (Å²) >= 11 is 1.12. The minimum absolute atomic E-state index is 0.0444. The molecule has 0 spiro atoms. The maximum atomic E-state index is 10.5. The highest BCUT2D eigenvalue weighted by molar-refractivity contribution is 7.99. The van der Waals surface area contributed by atoms with Gasteiger partial charge in [-0.1, -0.05) is 11.8 Å². The Labute approximate surface area is 101 Å². The third kappa shape index (κ3) is 2.78. The van der Waals surface area contributed by atoms with Crippen molar-refractivity contribution in [2.24, 2.45) is 7.05 Å². The Morgan fingerprint density at radius 1 is 1.47 bits per heavy atom. The highest BCUT2D eigenvalue weighted by atomic mass is 32.2. The maximum absolute atomic E-state index is 10.5. The molecule has 0 aliphatic rings. The second-order valence-electron chi connectivity index (χ2n) is 3.15. The number of hydrogen-bond acceptors (Lipinski definition) is 6. The first-order valence-electron chi connectivity index (χ1n) is 4.68. The van der Waals surface area contributed by atoms with E-state index in [-0.39, 0.29) is 5.75 Å². The van der Waals surface area contributed by atoms with E-state index in [2.05, 4.69) is 20.1 Å². The lowest BCUT2D eigenvalue weighted by Crippen LogP contribution is -2.00. The van der Waals surface area contributed by atoms with Gasteiger partial charge in [-0.05, 0) is 0 Å². The summed E-state index contributed by atoms with van der Waals surface area (Å²) in [6.45, 7) is 0. The van der Waals surface area contributed by atoms with Gasteiger partial charge in [0.2, 0.25) is 0 Å². The van der Waals surface area contributed by atoms with Crippen LogP contribution in [-0.4, -0.2) is 41.6 Å². The van der Waals surface area contributed by atoms with Gasteiger partial charge in [-0.15, -0.1) is 0 Å². The summed E-state index contributed by atoms with van der Waals surface area (Å²) < 4.78 is 1.54. The SMILES string of the molecule is Cn1nc(-c2cncnc2)nc1SCC(=O)O. The summed E-state index contributed by atoms with van der Waals surface area (Å²) in [4.78, 5) is 22.4. The molecule has 0 aliphatic carbocycles. The summed E-state index contributed by atoms with van der Waals surface area (Å²) in [6, 6.07) is 0. The average molecular weight is 251 g/mol. The summed E-state index contributed by atoms with van der Waals surface area (Å²) in [7, 11) is 1.71. The minimum atomic E-state index is -0.886. The number of carboxylic acids is 1. The highest BCUT2D eigenvalue weighted by Gasteiger charge is 2.11. The number of aryl methyl sites for hydroxylation is 1. The zero-order valence-corrected chi connectivity index (χ0v) is 9.76. The molecule has 0 aromatic carbocycles. The predicted molar refractivity (Wildman–Crippen MR) is 60.4 cm³/mol. The Morgan fingerprint density at radius 2 is 2.18 bits per heavy atom. The fourth-order valence-electron chi connectivity index (χ4n) is 1.16. The van der Waals surface area contributed by atoms with Crippen LogP contribution < -0.4 is 0 Å². The molecule has 7 nitrogen and oxygen atoms in total. The van der Waals surface area contributed by atoms with E-state index >= 15 is 0 Å². The van der Waals surface area contributed by atoms with E-state index in [1.165, 1.54) is 11.0 Å². The second kappa shape index (κ2) is 4.91. The number of carbonyl (C=O) groups is 1. The number of rotatable bonds is 4. The van der Waals surface area contributed by atoms with E-state index in [4.69, 9.17) is 5.11 Å². The van der Waals surface area contributed by atoms with Crippen molar-refractivity contribution in [2.75, 3.05) is 5.75 Å². The third-order valence-electron chi connectivity index (χ3n) is 1.87. The maximum Gasteiger partial charge on any atom is 0.313 e. The molecule has 2 aromatic heterocycles. The number of aliphatic carboxylic acids is 1. The number of aromatic nitrogens is 5. The van der Waals surface area contributed by atoms with Crippen molar-refractivity contribution < 1.29 is 9.90 Å². The van der Waals surface area contributed by atoms with Crippen molar-refractivity contribution in [2.45, 2.75) is 5.16 Å². The van der Waals surface area contributed by atoms with Gasteiger partial charge < -0.3 is 5.11 Å². The van der Waals surface area contributed by atoms with Crippen LogP contribution in [0.5, 0.6) is 0 Å². The third-order valence-corrected chi connectivity index (χ3v) is 2.87. The average Bonchev–Trinajstić information content (AvgIpc) is 2.69. The van der Waals surface area contributed by atoms with Gasteiger partial charge in [0, 0.05) is 19.4 Å². The smallest absolute Gasteiger partial charge is 0.313 e. The highest BCUT2D eigenvalue weighted by Crippen LogP contribution is 2.19. The Bertz CT molecular complexity index is 527. The number of thioether (sulfide) groups is 1. The van der Waals surface area contributed by atoms with E-state index in [9.17, 15) is 4.79 Å². The molecule has 2 aromatic rings. The standard InChI is InChI=1S/C9H9N5O2S/c1-14-9(17-4-7(15)16)12-8(13-14)6-2-10-5-11-3-6/h2-3,5H,4H2,1H3,(H,15,16). The Kier molecular flexibility index (Phi) is 3.33. The van der Waals surface area contributed by atoms with Crippen LogP contribution in [0.1, 0.15) is 0 Å². The summed E-state index contributed by atoms with van der Waals surface area (Å²) in [5.74, 6) is -0.444. The zero-order valence-electron chi connectivity index (χ0n) is 8.94. The van der Waals surface area contributed by atoms with Crippen LogP contribution >= 0.6 is 11.8 Å². The molecule has 0 amide bonds. The topological polar surface area (TPSA) is 93.8 Å². The van der Waals surface area contributed by atoms with E-state index in [1.54, 1.807) is 19.4 Å². The largest absolute Gasteiger partial charge is 0.481 e. The van der Waals surface area contributed by atoms with Crippen molar-refractivity contribution in [1.29, 1.82) is 0 Å². The molecular weight excluding hydrogens is 242 g/mol. The lowest BCUT2D eigenvalue weighted by atomic mass is 10.3. The second-order valence-corrected chi connectivity index (χ2v) is 4.09. The van der Waals surface area contributed by atoms with Crippen LogP contribution in [0.4, 0.5) is 0 Å². The van der Waals surface area contributed by atoms with Crippen LogP contribution in [0.25, 0.3) is 11.4 Å². The van der Waals surface area contributed by atoms with Crippen LogP contribution in [0.2, 0.25) is 0 Å². The molecule has 8 heteroatoms. The lowest BCUT2D eigenvalue weighted by molar-refractivity contribution is -0.133. The number of carboxylic acid groups (broad SMARTS) is 1. The Balaban J connectivity index is 2.22. The molecule has 0 aliphatic heterocycles. The lowest BCUT2D eigenvalue weighted by Gasteiger charge is -1.94. The van der Waals surface area contributed by atoms with Gasteiger partial charge in [0.05, 0.1) is 11.3 Å². The molecule has 0 atom stereocenters. The first-order chi connectivity index (χ1) is 8.16. The van der Waals surface area contributed by atoms with Crippen LogP contribution in [0, 0.1) is 0 Å². The summed E-state index contributed by atoms with van der Waals surface area (Å²) in [5.41, 5.74) is 0.699. The Morgan fingerprint density at radius 3 is 2.82 bits per heavy atom. The monoisotopic (exact) mass is 251 g/mol. The minimum Gasteiger partial charge on any atom is -0.481 e. The van der Waals surface area contributed by atoms with E-state index < -0.39 is 5.97 Å². The molecule has 0 fully saturated rings. The normalized spacial score (nSPS) is 10.4. The molecule has 0 unspecified atom stereocenters. The molecule has 17 heavy (non-hydrogen) atoms. The molecule has 1 N–H and O–H groups in total. The van der Waals surface area contributed by atoms with Crippen LogP contribution in [0.3, 0.4) is 0 Å². The van der Waals surface area contributed by atoms with Gasteiger partial charge in [-0.2, -0.15) is 5.10 Å². The molecule has 2 rings (SSSR count). The number of hydrogen-bond donors (Lipinski definition) is 1. The van der Waals surface area contributed by atoms with Crippen molar-refractivity contribution in [1.82, 2.24) is 24.7 Å². The quantitative estimate of drug-likeness (QED) is 0.788. The first kappa shape index (κ1) is 11.5. The Hall–Kier alpha value is -1.96. The molecule has 0 saturated carbocycles. The van der Waals surface area contributed by atoms with Gasteiger partial charge >= 0.3 is 5.97 Å². The first-order valence-corrected chi connectivity index (χ1v) is 5.66. The van der Waals surface area contributed by atoms with Gasteiger partial charge in [-0.3, -0.25) is 4.79 Å². The molecule has 2 heterocycles. The molecule has 88 valence electrons. The van der Waals surface area contributed by atoms with Gasteiger partial charge in [-0.25, -0.2) is 19.6 Å². The van der Waals surface area contributed by atoms with Gasteiger partial charge in [0.25, 0.3) is 0 Å². The van der Waals surface area contributed by atoms with Crippen molar-refractivity contribution >= 4 is 17.7 Å². The van der Waals surface area contributed by atoms with E-state index in [1.807, 2.05) is 0 Å². The fourth-order valence-corrected chi connectivity index (χ4v) is 1.79. The van der Waals surface area contributed by atoms with Crippen LogP contribution in [-0.2, 0) is 11.8 Å². The summed E-state index contributed by atoms with van der Waals surface area (Å²) in [5, 5.41) is 13.3. The molecular formula is C9H9N5O2S. The molecule has 0 saturated heterocycles. The van der Waals surface area contributed by atoms with Crippen molar-refractivity contribution in [3.8, 4) is 11.4 Å². The zero-order chi connectivity index (χ0) is 12.3. The van der Waals surface area contributed by atoms with E-state index in [0.29, 0.717) is 16.5 Å². The van der Waals surface area contributed by atoms with Crippen molar-refractivity contribution in [3.63, 3.8) is 0 Å². The molecule has 0 radical (unpaired) electrons. The number of nitrogens with zero attached hydrogens (tertiary/aromatic N) is 5. The predicted octanol–water partition coefficient (Wildman–Crippen LogP) is 0.449. The molecule has 0 bridgehead atoms. The fraction of sp³-hybridized carbons (Fsp3) is 0.222. The van der Waals surface area contributed by atoms with Gasteiger partial charge in [0.1, 0.15) is 6.33 Å². The van der Waals surface area contributed by atoms with Gasteiger partial charge in [0.15, 0.2) is 11.0 Å². The van der Waals surface area contributed by atoms with E-state index in [0.717, 1.165) is 11.8 Å².